The largest absolute Gasteiger partial charge is 0.316 e. The summed E-state index contributed by atoms with van der Waals surface area (Å²) in [7, 11) is 1.85. The van der Waals surface area contributed by atoms with Crippen LogP contribution in [0.3, 0.4) is 0 Å². The normalized spacial score (nSPS) is 19.6. The lowest BCUT2D eigenvalue weighted by molar-refractivity contribution is -0.119. The van der Waals surface area contributed by atoms with E-state index in [0.29, 0.717) is 12.3 Å². The molecule has 98 valence electrons. The molecular weight excluding hydrogens is 292 g/mol. The molecule has 1 amide bonds. The Labute approximate surface area is 117 Å². The van der Waals surface area contributed by atoms with Gasteiger partial charge in [-0.3, -0.25) is 4.79 Å². The van der Waals surface area contributed by atoms with E-state index in [-0.39, 0.29) is 5.91 Å². The molecule has 1 aliphatic heterocycles. The number of benzene rings is 1. The van der Waals surface area contributed by atoms with Gasteiger partial charge in [-0.2, -0.15) is 0 Å². The molecule has 0 aliphatic carbocycles. The van der Waals surface area contributed by atoms with Gasteiger partial charge >= 0.3 is 0 Å². The summed E-state index contributed by atoms with van der Waals surface area (Å²) in [5, 5.41) is 3.35. The van der Waals surface area contributed by atoms with Crippen molar-refractivity contribution in [3.05, 3.63) is 28.7 Å². The topological polar surface area (TPSA) is 32.3 Å². The monoisotopic (exact) mass is 310 g/mol. The molecule has 1 saturated heterocycles. The van der Waals surface area contributed by atoms with E-state index in [9.17, 15) is 4.79 Å². The summed E-state index contributed by atoms with van der Waals surface area (Å²) in [5.41, 5.74) is 0.951. The Bertz CT molecular complexity index is 399. The van der Waals surface area contributed by atoms with Gasteiger partial charge in [0.05, 0.1) is 0 Å². The summed E-state index contributed by atoms with van der Waals surface area (Å²) < 4.78 is 1.03. The fourth-order valence-corrected chi connectivity index (χ4v) is 2.56. The maximum Gasteiger partial charge on any atom is 0.227 e. The van der Waals surface area contributed by atoms with Gasteiger partial charge in [0, 0.05) is 23.6 Å². The fourth-order valence-electron chi connectivity index (χ4n) is 2.29. The predicted octanol–water partition coefficient (Wildman–Crippen LogP) is 2.80. The Morgan fingerprint density at radius 2 is 2.17 bits per heavy atom. The summed E-state index contributed by atoms with van der Waals surface area (Å²) in [4.78, 5) is 13.9. The van der Waals surface area contributed by atoms with Crippen molar-refractivity contribution in [2.24, 2.45) is 5.92 Å². The third kappa shape index (κ3) is 3.56. The molecule has 1 aromatic rings. The van der Waals surface area contributed by atoms with Crippen LogP contribution in [0, 0.1) is 5.92 Å². The van der Waals surface area contributed by atoms with E-state index in [2.05, 4.69) is 21.2 Å². The summed E-state index contributed by atoms with van der Waals surface area (Å²) >= 11 is 3.40. The van der Waals surface area contributed by atoms with Crippen molar-refractivity contribution in [2.75, 3.05) is 25.0 Å². The van der Waals surface area contributed by atoms with Crippen molar-refractivity contribution >= 4 is 27.5 Å². The maximum atomic E-state index is 12.2. The van der Waals surface area contributed by atoms with Crippen LogP contribution >= 0.6 is 15.9 Å². The Balaban J connectivity index is 1.93. The van der Waals surface area contributed by atoms with Crippen LogP contribution in [0.4, 0.5) is 5.69 Å². The summed E-state index contributed by atoms with van der Waals surface area (Å²) in [6.07, 6.45) is 2.98. The van der Waals surface area contributed by atoms with Gasteiger partial charge in [-0.05, 0) is 56.1 Å². The lowest BCUT2D eigenvalue weighted by Crippen LogP contribution is -2.35. The van der Waals surface area contributed by atoms with Gasteiger partial charge < -0.3 is 10.2 Å². The molecule has 0 aromatic heterocycles. The van der Waals surface area contributed by atoms with E-state index >= 15 is 0 Å². The number of nitrogens with one attached hydrogen (secondary N) is 1. The predicted molar refractivity (Wildman–Crippen MR) is 77.8 cm³/mol. The zero-order chi connectivity index (χ0) is 13.0. The SMILES string of the molecule is CN(C(=O)CC1CCCNC1)c1ccc(Br)cc1. The molecule has 1 N–H and O–H groups in total. The van der Waals surface area contributed by atoms with Gasteiger partial charge in [-0.15, -0.1) is 0 Å². The highest BCUT2D eigenvalue weighted by molar-refractivity contribution is 9.10. The molecule has 3 nitrogen and oxygen atoms in total. The van der Waals surface area contributed by atoms with Crippen molar-refractivity contribution < 1.29 is 4.79 Å². The van der Waals surface area contributed by atoms with E-state index < -0.39 is 0 Å². The summed E-state index contributed by atoms with van der Waals surface area (Å²) in [6.45, 7) is 2.06. The highest BCUT2D eigenvalue weighted by Crippen LogP contribution is 2.20. The van der Waals surface area contributed by atoms with Crippen LogP contribution in [0.2, 0.25) is 0 Å². The number of rotatable bonds is 3. The van der Waals surface area contributed by atoms with E-state index in [1.54, 1.807) is 4.90 Å². The number of carbonyl (C=O) groups excluding carboxylic acids is 1. The number of hydrogen-bond acceptors (Lipinski definition) is 2. The molecule has 1 unspecified atom stereocenters. The van der Waals surface area contributed by atoms with Crippen LogP contribution in [-0.4, -0.2) is 26.0 Å². The first-order chi connectivity index (χ1) is 8.66. The average molecular weight is 311 g/mol. The number of piperidine rings is 1. The van der Waals surface area contributed by atoms with E-state index in [1.165, 1.54) is 6.42 Å². The highest BCUT2D eigenvalue weighted by Gasteiger charge is 2.19. The zero-order valence-electron chi connectivity index (χ0n) is 10.7. The second-order valence-corrected chi connectivity index (χ2v) is 5.76. The van der Waals surface area contributed by atoms with Crippen molar-refractivity contribution in [2.45, 2.75) is 19.3 Å². The van der Waals surface area contributed by atoms with Crippen LogP contribution in [0.1, 0.15) is 19.3 Å². The van der Waals surface area contributed by atoms with Crippen molar-refractivity contribution in [3.8, 4) is 0 Å². The molecule has 4 heteroatoms. The second-order valence-electron chi connectivity index (χ2n) is 4.85. The summed E-state index contributed by atoms with van der Waals surface area (Å²) in [6, 6.07) is 7.84. The molecule has 18 heavy (non-hydrogen) atoms. The van der Waals surface area contributed by atoms with Crippen LogP contribution in [0.15, 0.2) is 28.7 Å². The Morgan fingerprint density at radius 3 is 2.78 bits per heavy atom. The van der Waals surface area contributed by atoms with Crippen LogP contribution in [0.25, 0.3) is 0 Å². The number of halogens is 1. The Morgan fingerprint density at radius 1 is 1.44 bits per heavy atom. The first kappa shape index (κ1) is 13.6. The minimum absolute atomic E-state index is 0.200. The van der Waals surface area contributed by atoms with Crippen molar-refractivity contribution in [3.63, 3.8) is 0 Å². The number of hydrogen-bond donors (Lipinski definition) is 1. The number of carbonyl (C=O) groups is 1. The molecule has 1 heterocycles. The number of nitrogens with zero attached hydrogens (tertiary/aromatic N) is 1. The first-order valence-corrected chi connectivity index (χ1v) is 7.19. The second kappa shape index (κ2) is 6.34. The molecule has 1 aliphatic rings. The van der Waals surface area contributed by atoms with Crippen LogP contribution in [-0.2, 0) is 4.79 Å². The lowest BCUT2D eigenvalue weighted by atomic mass is 9.95. The zero-order valence-corrected chi connectivity index (χ0v) is 12.2. The van der Waals surface area contributed by atoms with E-state index in [1.807, 2.05) is 31.3 Å². The number of amides is 1. The van der Waals surface area contributed by atoms with Gasteiger partial charge in [0.1, 0.15) is 0 Å². The Kier molecular flexibility index (Phi) is 4.78. The molecule has 1 fully saturated rings. The molecule has 0 radical (unpaired) electrons. The summed E-state index contributed by atoms with van der Waals surface area (Å²) in [5.74, 6) is 0.690. The van der Waals surface area contributed by atoms with Crippen molar-refractivity contribution in [1.29, 1.82) is 0 Å². The fraction of sp³-hybridized carbons (Fsp3) is 0.500. The van der Waals surface area contributed by atoms with E-state index in [0.717, 1.165) is 29.7 Å². The van der Waals surface area contributed by atoms with Crippen molar-refractivity contribution in [1.82, 2.24) is 5.32 Å². The van der Waals surface area contributed by atoms with Crippen LogP contribution in [0.5, 0.6) is 0 Å². The molecule has 1 atom stereocenters. The van der Waals surface area contributed by atoms with Gasteiger partial charge in [0.25, 0.3) is 0 Å². The Hall–Kier alpha value is -0.870. The highest BCUT2D eigenvalue weighted by atomic mass is 79.9. The third-order valence-electron chi connectivity index (χ3n) is 3.45. The van der Waals surface area contributed by atoms with Crippen LogP contribution < -0.4 is 10.2 Å². The standard InChI is InChI=1S/C14H19BrN2O/c1-17(13-6-4-12(15)5-7-13)14(18)9-11-3-2-8-16-10-11/h4-7,11,16H,2-3,8-10H2,1H3. The first-order valence-electron chi connectivity index (χ1n) is 6.39. The molecular formula is C14H19BrN2O. The van der Waals surface area contributed by atoms with Gasteiger partial charge in [0.2, 0.25) is 5.91 Å². The lowest BCUT2D eigenvalue weighted by Gasteiger charge is -2.25. The quantitative estimate of drug-likeness (QED) is 0.931. The number of anilines is 1. The third-order valence-corrected chi connectivity index (χ3v) is 3.98. The maximum absolute atomic E-state index is 12.2. The molecule has 1 aromatic carbocycles. The van der Waals surface area contributed by atoms with Gasteiger partial charge in [0.15, 0.2) is 0 Å². The molecule has 2 rings (SSSR count). The average Bonchev–Trinajstić information content (AvgIpc) is 2.40. The molecule has 0 spiro atoms. The smallest absolute Gasteiger partial charge is 0.227 e. The van der Waals surface area contributed by atoms with E-state index in [4.69, 9.17) is 0 Å². The molecule has 0 saturated carbocycles. The molecule has 0 bridgehead atoms. The minimum atomic E-state index is 0.200. The minimum Gasteiger partial charge on any atom is -0.316 e. The van der Waals surface area contributed by atoms with Gasteiger partial charge in [-0.1, -0.05) is 15.9 Å². The van der Waals surface area contributed by atoms with Gasteiger partial charge in [-0.25, -0.2) is 0 Å².